The van der Waals surface area contributed by atoms with Gasteiger partial charge in [-0.1, -0.05) is 30.3 Å². The molecule has 2 aromatic carbocycles. The van der Waals surface area contributed by atoms with Crippen molar-refractivity contribution in [2.75, 3.05) is 0 Å². The minimum Gasteiger partial charge on any atom is -0.318 e. The van der Waals surface area contributed by atoms with Gasteiger partial charge in [0, 0.05) is 28.2 Å². The Morgan fingerprint density at radius 3 is 2.18 bits per heavy atom. The van der Waals surface area contributed by atoms with Crippen LogP contribution in [0.5, 0.6) is 0 Å². The van der Waals surface area contributed by atoms with E-state index in [1.54, 1.807) is 23.9 Å². The van der Waals surface area contributed by atoms with Crippen LogP contribution in [0.1, 0.15) is 71.4 Å². The average Bonchev–Trinajstić information content (AvgIpc) is 3.11. The highest BCUT2D eigenvalue weighted by Gasteiger charge is 2.51. The molecule has 0 radical (unpaired) electrons. The van der Waals surface area contributed by atoms with Crippen LogP contribution in [-0.4, -0.2) is 16.7 Å². The highest BCUT2D eigenvalue weighted by molar-refractivity contribution is 5.94. The van der Waals surface area contributed by atoms with Gasteiger partial charge in [-0.25, -0.2) is 5.43 Å². The van der Waals surface area contributed by atoms with Crippen molar-refractivity contribution in [3.05, 3.63) is 88.7 Å². The molecule has 4 fully saturated rings. The first-order valence-electron chi connectivity index (χ1n) is 12.7. The maximum Gasteiger partial charge on any atom is 0.271 e. The van der Waals surface area contributed by atoms with Gasteiger partial charge in [-0.3, -0.25) is 4.79 Å². The maximum atomic E-state index is 12.2. The summed E-state index contributed by atoms with van der Waals surface area (Å²) < 4.78 is 2.28. The van der Waals surface area contributed by atoms with Crippen LogP contribution in [0, 0.1) is 31.6 Å². The lowest BCUT2D eigenvalue weighted by atomic mass is 9.48. The minimum absolute atomic E-state index is 0.203. The molecule has 0 aliphatic heterocycles. The van der Waals surface area contributed by atoms with Crippen LogP contribution in [0.4, 0.5) is 0 Å². The third kappa shape index (κ3) is 3.70. The molecular weight excluding hydrogens is 418 g/mol. The van der Waals surface area contributed by atoms with Gasteiger partial charge in [0.15, 0.2) is 0 Å². The Morgan fingerprint density at radius 1 is 0.941 bits per heavy atom. The number of hydrazone groups is 1. The molecule has 1 N–H and O–H groups in total. The Kier molecular flexibility index (Phi) is 5.20. The van der Waals surface area contributed by atoms with Gasteiger partial charge in [0.1, 0.15) is 0 Å². The zero-order valence-electron chi connectivity index (χ0n) is 20.1. The fraction of sp³-hybridized carbons (Fsp3) is 0.400. The van der Waals surface area contributed by atoms with E-state index in [0.29, 0.717) is 11.0 Å². The Morgan fingerprint density at radius 2 is 1.56 bits per heavy atom. The Bertz CT molecular complexity index is 1200. The average molecular weight is 452 g/mol. The number of aryl methyl sites for hydroxylation is 1. The molecule has 1 aromatic heterocycles. The van der Waals surface area contributed by atoms with Crippen molar-refractivity contribution >= 4 is 12.1 Å². The third-order valence-corrected chi connectivity index (χ3v) is 8.65. The molecule has 0 saturated heterocycles. The molecule has 0 unspecified atom stereocenters. The Hall–Kier alpha value is -3.14. The molecule has 4 bridgehead atoms. The number of rotatable bonds is 5. The first-order chi connectivity index (χ1) is 16.5. The zero-order valence-corrected chi connectivity index (χ0v) is 20.1. The highest BCUT2D eigenvalue weighted by Crippen LogP contribution is 2.60. The molecule has 3 aromatic rings. The summed E-state index contributed by atoms with van der Waals surface area (Å²) in [6.45, 7) is 4.24. The van der Waals surface area contributed by atoms with Gasteiger partial charge in [-0.2, -0.15) is 5.10 Å². The normalized spacial score (nSPS) is 27.4. The fourth-order valence-corrected chi connectivity index (χ4v) is 7.56. The number of benzene rings is 2. The van der Waals surface area contributed by atoms with Crippen LogP contribution in [0.25, 0.3) is 5.69 Å². The van der Waals surface area contributed by atoms with E-state index in [0.717, 1.165) is 34.7 Å². The smallest absolute Gasteiger partial charge is 0.271 e. The quantitative estimate of drug-likeness (QED) is 0.358. The van der Waals surface area contributed by atoms with E-state index in [-0.39, 0.29) is 5.91 Å². The van der Waals surface area contributed by atoms with Gasteiger partial charge in [0.25, 0.3) is 5.91 Å². The van der Waals surface area contributed by atoms with Crippen molar-refractivity contribution in [2.45, 2.75) is 57.8 Å². The Balaban J connectivity index is 1.21. The molecule has 34 heavy (non-hydrogen) atoms. The lowest BCUT2D eigenvalue weighted by Crippen LogP contribution is -2.48. The highest BCUT2D eigenvalue weighted by atomic mass is 16.2. The summed E-state index contributed by atoms with van der Waals surface area (Å²) in [5.74, 6) is 2.68. The maximum absolute atomic E-state index is 12.2. The topological polar surface area (TPSA) is 46.4 Å². The van der Waals surface area contributed by atoms with Crippen molar-refractivity contribution < 1.29 is 4.79 Å². The summed E-state index contributed by atoms with van der Waals surface area (Å²) >= 11 is 0. The van der Waals surface area contributed by atoms with E-state index in [9.17, 15) is 4.79 Å². The van der Waals surface area contributed by atoms with Gasteiger partial charge >= 0.3 is 0 Å². The number of carbonyl (C=O) groups excluding carboxylic acids is 1. The van der Waals surface area contributed by atoms with E-state index in [1.165, 1.54) is 44.2 Å². The summed E-state index contributed by atoms with van der Waals surface area (Å²) in [5.41, 5.74) is 9.72. The van der Waals surface area contributed by atoms with Crippen LogP contribution in [0.2, 0.25) is 0 Å². The van der Waals surface area contributed by atoms with E-state index in [2.05, 4.69) is 59.3 Å². The largest absolute Gasteiger partial charge is 0.318 e. The van der Waals surface area contributed by atoms with Gasteiger partial charge in [0.05, 0.1) is 6.21 Å². The van der Waals surface area contributed by atoms with Crippen LogP contribution in [0.3, 0.4) is 0 Å². The summed E-state index contributed by atoms with van der Waals surface area (Å²) in [7, 11) is 0. The van der Waals surface area contributed by atoms with Crippen LogP contribution in [-0.2, 0) is 5.41 Å². The number of carbonyl (C=O) groups is 1. The minimum atomic E-state index is -0.203. The fourth-order valence-electron chi connectivity index (χ4n) is 7.56. The van der Waals surface area contributed by atoms with Crippen LogP contribution >= 0.6 is 0 Å². The van der Waals surface area contributed by atoms with Crippen molar-refractivity contribution in [1.29, 1.82) is 0 Å². The predicted molar refractivity (Wildman–Crippen MR) is 137 cm³/mol. The molecule has 1 heterocycles. The monoisotopic (exact) mass is 451 g/mol. The summed E-state index contributed by atoms with van der Waals surface area (Å²) in [6, 6.07) is 20.7. The van der Waals surface area contributed by atoms with E-state index in [4.69, 9.17) is 0 Å². The number of nitrogens with zero attached hydrogens (tertiary/aromatic N) is 2. The predicted octanol–water partition coefficient (Wildman–Crippen LogP) is 6.33. The standard InChI is InChI=1S/C30H33N3O/c1-20-12-26(19-31-32-29(34)25-6-4-3-5-7-25)21(2)33(20)28-10-8-27(9-11-28)30-16-22-13-23(17-30)15-24(14-22)18-30/h3-12,19,22-24H,13-18H2,1-2H3,(H,32,34)/b31-19+. The Labute approximate surface area is 202 Å². The number of aromatic nitrogens is 1. The number of hydrogen-bond donors (Lipinski definition) is 1. The molecule has 7 rings (SSSR count). The molecule has 0 spiro atoms. The summed E-state index contributed by atoms with van der Waals surface area (Å²) in [6.07, 6.45) is 10.4. The third-order valence-electron chi connectivity index (χ3n) is 8.65. The van der Waals surface area contributed by atoms with Gasteiger partial charge < -0.3 is 4.57 Å². The lowest BCUT2D eigenvalue weighted by molar-refractivity contribution is -0.00518. The number of amides is 1. The van der Waals surface area contributed by atoms with Crippen molar-refractivity contribution in [2.24, 2.45) is 22.9 Å². The molecule has 0 atom stereocenters. The molecular formula is C30H33N3O. The van der Waals surface area contributed by atoms with Crippen LogP contribution < -0.4 is 5.43 Å². The van der Waals surface area contributed by atoms with Crippen molar-refractivity contribution in [3.63, 3.8) is 0 Å². The zero-order chi connectivity index (χ0) is 23.3. The number of nitrogens with one attached hydrogen (secondary N) is 1. The molecule has 4 nitrogen and oxygen atoms in total. The summed E-state index contributed by atoms with van der Waals surface area (Å²) in [5, 5.41) is 4.21. The van der Waals surface area contributed by atoms with Gasteiger partial charge in [-0.15, -0.1) is 0 Å². The lowest BCUT2D eigenvalue weighted by Gasteiger charge is -2.57. The van der Waals surface area contributed by atoms with E-state index in [1.807, 2.05) is 18.2 Å². The second-order valence-corrected chi connectivity index (χ2v) is 11.0. The first-order valence-corrected chi connectivity index (χ1v) is 12.7. The molecule has 4 aliphatic rings. The van der Waals surface area contributed by atoms with Crippen molar-refractivity contribution in [1.82, 2.24) is 9.99 Å². The molecule has 4 aliphatic carbocycles. The molecule has 4 saturated carbocycles. The van der Waals surface area contributed by atoms with Gasteiger partial charge in [0.2, 0.25) is 0 Å². The van der Waals surface area contributed by atoms with Crippen LogP contribution in [0.15, 0.2) is 65.8 Å². The summed E-state index contributed by atoms with van der Waals surface area (Å²) in [4.78, 5) is 12.2. The second-order valence-electron chi connectivity index (χ2n) is 11.0. The molecule has 174 valence electrons. The molecule has 4 heteroatoms. The second kappa shape index (κ2) is 8.26. The molecule has 1 amide bonds. The van der Waals surface area contributed by atoms with E-state index < -0.39 is 0 Å². The van der Waals surface area contributed by atoms with Gasteiger partial charge in [-0.05, 0) is 111 Å². The number of hydrogen-bond acceptors (Lipinski definition) is 2. The SMILES string of the molecule is Cc1cc(/C=N/NC(=O)c2ccccc2)c(C)n1-c1ccc(C23CC4CC(CC(C4)C2)C3)cc1. The first kappa shape index (κ1) is 21.4. The van der Waals surface area contributed by atoms with Crippen molar-refractivity contribution in [3.8, 4) is 5.69 Å². The van der Waals surface area contributed by atoms with E-state index >= 15 is 0 Å².